The highest BCUT2D eigenvalue weighted by Gasteiger charge is 1.97. The lowest BCUT2D eigenvalue weighted by molar-refractivity contribution is -0.118. The molecule has 0 rings (SSSR count). The van der Waals surface area contributed by atoms with Crippen molar-refractivity contribution in [3.05, 3.63) is 24.3 Å². The zero-order valence-corrected chi connectivity index (χ0v) is 8.75. The third-order valence-corrected chi connectivity index (χ3v) is 1.69. The first-order chi connectivity index (χ1) is 6.70. The van der Waals surface area contributed by atoms with E-state index in [4.69, 9.17) is 0 Å². The van der Waals surface area contributed by atoms with Gasteiger partial charge in [-0.3, -0.25) is 9.59 Å². The second-order valence-electron chi connectivity index (χ2n) is 2.87. The number of hydrogen-bond donors (Lipinski definition) is 1. The molecule has 0 saturated heterocycles. The zero-order chi connectivity index (χ0) is 10.8. The number of amides is 1. The number of rotatable bonds is 6. The molecule has 0 heterocycles. The van der Waals surface area contributed by atoms with Gasteiger partial charge in [0, 0.05) is 19.9 Å². The number of Topliss-reactive ketones (excluding diaryl/α,β-unsaturated/α-hetero) is 1. The van der Waals surface area contributed by atoms with Crippen molar-refractivity contribution in [3.63, 3.8) is 0 Å². The summed E-state index contributed by atoms with van der Waals surface area (Å²) < 4.78 is 0. The van der Waals surface area contributed by atoms with Crippen LogP contribution in [0.4, 0.5) is 0 Å². The first-order valence-electron chi connectivity index (χ1n) is 4.71. The van der Waals surface area contributed by atoms with E-state index in [0.717, 1.165) is 6.42 Å². The average Bonchev–Trinajstić information content (AvgIpc) is 2.18. The Hall–Kier alpha value is -1.38. The molecule has 0 atom stereocenters. The van der Waals surface area contributed by atoms with E-state index in [-0.39, 0.29) is 11.7 Å². The summed E-state index contributed by atoms with van der Waals surface area (Å²) in [6.07, 6.45) is 8.52. The van der Waals surface area contributed by atoms with Gasteiger partial charge in [0.2, 0.25) is 5.91 Å². The van der Waals surface area contributed by atoms with E-state index in [1.54, 1.807) is 13.1 Å². The van der Waals surface area contributed by atoms with Gasteiger partial charge in [0.25, 0.3) is 0 Å². The highest BCUT2D eigenvalue weighted by atomic mass is 16.1. The van der Waals surface area contributed by atoms with Gasteiger partial charge in [-0.2, -0.15) is 0 Å². The fourth-order valence-corrected chi connectivity index (χ4v) is 0.894. The van der Waals surface area contributed by atoms with Crippen molar-refractivity contribution in [2.24, 2.45) is 0 Å². The van der Waals surface area contributed by atoms with Crippen LogP contribution in [0, 0.1) is 0 Å². The maximum Gasteiger partial charge on any atom is 0.243 e. The lowest BCUT2D eigenvalue weighted by atomic mass is 10.1. The Morgan fingerprint density at radius 1 is 1.29 bits per heavy atom. The summed E-state index contributed by atoms with van der Waals surface area (Å²) in [5, 5.41) is 2.44. The lowest BCUT2D eigenvalue weighted by Crippen LogP contribution is -2.14. The summed E-state index contributed by atoms with van der Waals surface area (Å²) in [6.45, 7) is 1.93. The van der Waals surface area contributed by atoms with Gasteiger partial charge >= 0.3 is 0 Å². The van der Waals surface area contributed by atoms with Gasteiger partial charge in [-0.25, -0.2) is 0 Å². The molecule has 0 aliphatic heterocycles. The van der Waals surface area contributed by atoms with Crippen LogP contribution in [0.2, 0.25) is 0 Å². The zero-order valence-electron chi connectivity index (χ0n) is 8.75. The smallest absolute Gasteiger partial charge is 0.243 e. The van der Waals surface area contributed by atoms with Gasteiger partial charge in [-0.05, 0) is 19.4 Å². The minimum absolute atomic E-state index is 0.156. The molecule has 1 amide bonds. The number of carbonyl (C=O) groups excluding carboxylic acids is 2. The Morgan fingerprint density at radius 3 is 2.57 bits per heavy atom. The maximum absolute atomic E-state index is 11.2. The van der Waals surface area contributed by atoms with Gasteiger partial charge < -0.3 is 5.32 Å². The van der Waals surface area contributed by atoms with Crippen LogP contribution in [0.5, 0.6) is 0 Å². The minimum atomic E-state index is -0.175. The van der Waals surface area contributed by atoms with Crippen molar-refractivity contribution in [3.8, 4) is 0 Å². The topological polar surface area (TPSA) is 46.2 Å². The number of likely N-dealkylation sites (N-methyl/N-ethyl adjacent to an activating group) is 1. The summed E-state index contributed by atoms with van der Waals surface area (Å²) in [4.78, 5) is 21.9. The molecule has 0 saturated carbocycles. The Kier molecular flexibility index (Phi) is 7.42. The minimum Gasteiger partial charge on any atom is -0.356 e. The summed E-state index contributed by atoms with van der Waals surface area (Å²) in [5.74, 6) is -0.0190. The molecule has 0 unspecified atom stereocenters. The number of ketones is 1. The molecule has 14 heavy (non-hydrogen) atoms. The predicted molar refractivity (Wildman–Crippen MR) is 56.9 cm³/mol. The van der Waals surface area contributed by atoms with Gasteiger partial charge in [-0.15, -0.1) is 0 Å². The molecule has 0 aromatic carbocycles. The molecule has 3 heteroatoms. The molecule has 0 aliphatic carbocycles. The van der Waals surface area contributed by atoms with Crippen LogP contribution >= 0.6 is 0 Å². The van der Waals surface area contributed by atoms with Crippen LogP contribution in [-0.4, -0.2) is 18.7 Å². The maximum atomic E-state index is 11.2. The summed E-state index contributed by atoms with van der Waals surface area (Å²) in [6, 6.07) is 0. The molecular formula is C11H17NO2. The van der Waals surface area contributed by atoms with Crippen LogP contribution in [-0.2, 0) is 9.59 Å². The van der Waals surface area contributed by atoms with E-state index in [2.05, 4.69) is 5.32 Å². The van der Waals surface area contributed by atoms with Crippen molar-refractivity contribution in [1.29, 1.82) is 0 Å². The quantitative estimate of drug-likeness (QED) is 0.517. The van der Waals surface area contributed by atoms with E-state index in [9.17, 15) is 9.59 Å². The number of carbonyl (C=O) groups is 2. The first kappa shape index (κ1) is 12.6. The molecule has 3 nitrogen and oxygen atoms in total. The van der Waals surface area contributed by atoms with Crippen molar-refractivity contribution in [2.75, 3.05) is 7.05 Å². The fraction of sp³-hybridized carbons (Fsp3) is 0.455. The lowest BCUT2D eigenvalue weighted by Gasteiger charge is -1.93. The molecule has 78 valence electrons. The van der Waals surface area contributed by atoms with Gasteiger partial charge in [0.15, 0.2) is 0 Å². The van der Waals surface area contributed by atoms with E-state index >= 15 is 0 Å². The van der Waals surface area contributed by atoms with Crippen molar-refractivity contribution >= 4 is 11.7 Å². The highest BCUT2D eigenvalue weighted by molar-refractivity contribution is 5.88. The molecule has 1 N–H and O–H groups in total. The van der Waals surface area contributed by atoms with Crippen LogP contribution in [0.15, 0.2) is 24.3 Å². The third kappa shape index (κ3) is 7.28. The van der Waals surface area contributed by atoms with Crippen molar-refractivity contribution in [2.45, 2.75) is 26.2 Å². The average molecular weight is 195 g/mol. The van der Waals surface area contributed by atoms with Crippen molar-refractivity contribution < 1.29 is 9.59 Å². The largest absolute Gasteiger partial charge is 0.356 e. The van der Waals surface area contributed by atoms with Gasteiger partial charge in [0.1, 0.15) is 5.78 Å². The summed E-state index contributed by atoms with van der Waals surface area (Å²) in [7, 11) is 1.56. The van der Waals surface area contributed by atoms with Gasteiger partial charge in [0.05, 0.1) is 0 Å². The summed E-state index contributed by atoms with van der Waals surface area (Å²) >= 11 is 0. The first-order valence-corrected chi connectivity index (χ1v) is 4.71. The molecule has 0 spiro atoms. The molecule has 0 bridgehead atoms. The molecule has 0 radical (unpaired) electrons. The van der Waals surface area contributed by atoms with E-state index in [1.165, 1.54) is 6.08 Å². The Balaban J connectivity index is 3.63. The normalized spacial score (nSPS) is 11.0. The number of allylic oxidation sites excluding steroid dienone is 3. The van der Waals surface area contributed by atoms with Crippen LogP contribution in [0.25, 0.3) is 0 Å². The standard InChI is InChI=1S/C11H17NO2/c1-3-4-5-7-10(13)8-6-9-11(14)12-2/h3-4,6,9H,5,7-8H2,1-2H3,(H,12,14)/b4-3+,9-6+. The van der Waals surface area contributed by atoms with Gasteiger partial charge in [-0.1, -0.05) is 18.2 Å². The van der Waals surface area contributed by atoms with Crippen LogP contribution in [0.3, 0.4) is 0 Å². The predicted octanol–water partition coefficient (Wildman–Crippen LogP) is 1.60. The molecule has 0 aliphatic rings. The second kappa shape index (κ2) is 8.23. The molecule has 0 aromatic heterocycles. The number of nitrogens with one attached hydrogen (secondary N) is 1. The van der Waals surface area contributed by atoms with E-state index in [0.29, 0.717) is 12.8 Å². The second-order valence-corrected chi connectivity index (χ2v) is 2.87. The fourth-order valence-electron chi connectivity index (χ4n) is 0.894. The Labute approximate surface area is 84.9 Å². The van der Waals surface area contributed by atoms with Crippen molar-refractivity contribution in [1.82, 2.24) is 5.32 Å². The SMILES string of the molecule is C/C=C/CCC(=O)C/C=C/C(=O)NC. The van der Waals surface area contributed by atoms with E-state index < -0.39 is 0 Å². The number of hydrogen-bond acceptors (Lipinski definition) is 2. The van der Waals surface area contributed by atoms with E-state index in [1.807, 2.05) is 19.1 Å². The third-order valence-electron chi connectivity index (χ3n) is 1.69. The molecule has 0 fully saturated rings. The van der Waals surface area contributed by atoms with Crippen LogP contribution in [0.1, 0.15) is 26.2 Å². The monoisotopic (exact) mass is 195 g/mol. The molecule has 0 aromatic rings. The van der Waals surface area contributed by atoms with Crippen LogP contribution < -0.4 is 5.32 Å². The Bertz CT molecular complexity index is 242. The summed E-state index contributed by atoms with van der Waals surface area (Å²) in [5.41, 5.74) is 0. The highest BCUT2D eigenvalue weighted by Crippen LogP contribution is 1.97. The molecular weight excluding hydrogens is 178 g/mol. The Morgan fingerprint density at radius 2 is 2.00 bits per heavy atom.